The fourth-order valence-corrected chi connectivity index (χ4v) is 0.729. The number of hydrogen-bond donors (Lipinski definition) is 0. The summed E-state index contributed by atoms with van der Waals surface area (Å²) in [6.45, 7) is 2.00. The van der Waals surface area contributed by atoms with E-state index in [1.54, 1.807) is 0 Å². The normalized spacial score (nSPS) is 19.6. The summed E-state index contributed by atoms with van der Waals surface area (Å²) in [5, 5.41) is 0. The van der Waals surface area contributed by atoms with Gasteiger partial charge in [0.05, 0.1) is 0 Å². The van der Waals surface area contributed by atoms with E-state index >= 15 is 0 Å². The Kier molecular flexibility index (Phi) is 4.29. The fraction of sp³-hybridized carbons (Fsp3) is 0.500. The molecule has 62 valence electrons. The molecule has 0 radical (unpaired) electrons. The molecule has 0 aromatic carbocycles. The largest absolute Gasteiger partial charge is 0.466 e. The van der Waals surface area contributed by atoms with Crippen LogP contribution in [0.3, 0.4) is 0 Å². The van der Waals surface area contributed by atoms with Crippen molar-refractivity contribution in [1.29, 1.82) is 0 Å². The minimum absolute atomic E-state index is 1.00. The van der Waals surface area contributed by atoms with Crippen LogP contribution in [-0.2, 0) is 14.2 Å². The smallest absolute Gasteiger partial charge is 0.125 e. The van der Waals surface area contributed by atoms with Crippen LogP contribution >= 0.6 is 0 Å². The molecular formula is C8H12O3. The van der Waals surface area contributed by atoms with E-state index in [0.29, 0.717) is 0 Å². The minimum Gasteiger partial charge on any atom is -0.466 e. The molecule has 0 aromatic rings. The molecule has 0 N–H and O–H groups in total. The van der Waals surface area contributed by atoms with E-state index in [0.717, 1.165) is 13.2 Å². The zero-order valence-electron chi connectivity index (χ0n) is 6.36. The van der Waals surface area contributed by atoms with Crippen LogP contribution in [0.4, 0.5) is 0 Å². The molecule has 2 heterocycles. The van der Waals surface area contributed by atoms with Crippen molar-refractivity contribution >= 4 is 0 Å². The summed E-state index contributed by atoms with van der Waals surface area (Å²) >= 11 is 0. The van der Waals surface area contributed by atoms with Crippen molar-refractivity contribution in [2.24, 2.45) is 0 Å². The average molecular weight is 156 g/mol. The number of hydrogen-bond acceptors (Lipinski definition) is 3. The molecule has 1 fully saturated rings. The molecule has 1 saturated heterocycles. The van der Waals surface area contributed by atoms with Gasteiger partial charge in [-0.05, 0) is 12.8 Å². The summed E-state index contributed by atoms with van der Waals surface area (Å²) in [5.74, 6) is 0. The summed E-state index contributed by atoms with van der Waals surface area (Å²) in [6, 6.07) is 0. The minimum atomic E-state index is 1.00. The molecule has 0 atom stereocenters. The van der Waals surface area contributed by atoms with E-state index in [2.05, 4.69) is 9.47 Å². The molecule has 0 bridgehead atoms. The van der Waals surface area contributed by atoms with Gasteiger partial charge in [0, 0.05) is 13.2 Å². The van der Waals surface area contributed by atoms with Crippen LogP contribution < -0.4 is 0 Å². The molecular weight excluding hydrogens is 144 g/mol. The van der Waals surface area contributed by atoms with E-state index in [1.807, 2.05) is 0 Å². The van der Waals surface area contributed by atoms with Gasteiger partial charge in [0.2, 0.25) is 0 Å². The third-order valence-electron chi connectivity index (χ3n) is 1.25. The van der Waals surface area contributed by atoms with E-state index in [1.165, 1.54) is 37.9 Å². The Morgan fingerprint density at radius 2 is 1.18 bits per heavy atom. The van der Waals surface area contributed by atoms with Gasteiger partial charge >= 0.3 is 0 Å². The zero-order chi connectivity index (χ0) is 7.78. The lowest BCUT2D eigenvalue weighted by molar-refractivity contribution is 0.198. The van der Waals surface area contributed by atoms with Gasteiger partial charge in [0.25, 0.3) is 0 Å². The van der Waals surface area contributed by atoms with Gasteiger partial charge < -0.3 is 14.2 Å². The van der Waals surface area contributed by atoms with Crippen molar-refractivity contribution in [3.63, 3.8) is 0 Å². The van der Waals surface area contributed by atoms with Crippen LogP contribution in [0.5, 0.6) is 0 Å². The van der Waals surface area contributed by atoms with Crippen molar-refractivity contribution in [3.8, 4) is 0 Å². The zero-order valence-corrected chi connectivity index (χ0v) is 6.36. The molecule has 3 nitrogen and oxygen atoms in total. The highest BCUT2D eigenvalue weighted by Crippen LogP contribution is 1.98. The van der Waals surface area contributed by atoms with Crippen molar-refractivity contribution in [3.05, 3.63) is 25.0 Å². The van der Waals surface area contributed by atoms with Gasteiger partial charge in [-0.1, -0.05) is 0 Å². The molecule has 0 saturated carbocycles. The molecule has 11 heavy (non-hydrogen) atoms. The number of rotatable bonds is 0. The highest BCUT2D eigenvalue weighted by Gasteiger charge is 1.94. The van der Waals surface area contributed by atoms with Crippen LogP contribution in [0.25, 0.3) is 0 Å². The fourth-order valence-electron chi connectivity index (χ4n) is 0.729. The molecule has 0 aliphatic carbocycles. The third-order valence-corrected chi connectivity index (χ3v) is 1.25. The Balaban J connectivity index is 0.000000112. The maximum atomic E-state index is 4.94. The Labute approximate surface area is 66.2 Å². The molecule has 2 aliphatic heterocycles. The molecule has 0 amide bonds. The van der Waals surface area contributed by atoms with Crippen molar-refractivity contribution < 1.29 is 14.2 Å². The summed E-state index contributed by atoms with van der Waals surface area (Å²) in [4.78, 5) is 0. The monoisotopic (exact) mass is 156 g/mol. The molecule has 0 spiro atoms. The SMILES string of the molecule is C1=COC=CO1.C1CCOC1. The summed E-state index contributed by atoms with van der Waals surface area (Å²) in [7, 11) is 0. The first kappa shape index (κ1) is 8.14. The number of ether oxygens (including phenoxy) is 3. The average Bonchev–Trinajstić information content (AvgIpc) is 2.64. The third kappa shape index (κ3) is 4.44. The van der Waals surface area contributed by atoms with Crippen molar-refractivity contribution in [2.45, 2.75) is 12.8 Å². The van der Waals surface area contributed by atoms with E-state index in [9.17, 15) is 0 Å². The first-order chi connectivity index (χ1) is 5.50. The van der Waals surface area contributed by atoms with Crippen molar-refractivity contribution in [1.82, 2.24) is 0 Å². The second-order valence-electron chi connectivity index (χ2n) is 2.14. The first-order valence-corrected chi connectivity index (χ1v) is 3.69. The van der Waals surface area contributed by atoms with Crippen LogP contribution in [0, 0.1) is 0 Å². The topological polar surface area (TPSA) is 27.7 Å². The Morgan fingerprint density at radius 3 is 1.36 bits per heavy atom. The maximum Gasteiger partial charge on any atom is 0.125 e. The molecule has 0 aromatic heterocycles. The van der Waals surface area contributed by atoms with E-state index in [4.69, 9.17) is 4.74 Å². The van der Waals surface area contributed by atoms with Gasteiger partial charge in [-0.25, -0.2) is 0 Å². The first-order valence-electron chi connectivity index (χ1n) is 3.69. The Morgan fingerprint density at radius 1 is 0.727 bits per heavy atom. The quantitative estimate of drug-likeness (QED) is 0.535. The Bertz CT molecular complexity index is 109. The maximum absolute atomic E-state index is 4.94. The van der Waals surface area contributed by atoms with Crippen LogP contribution in [-0.4, -0.2) is 13.2 Å². The Hall–Kier alpha value is -0.960. The lowest BCUT2D eigenvalue weighted by atomic mass is 10.4. The highest BCUT2D eigenvalue weighted by atomic mass is 16.5. The highest BCUT2D eigenvalue weighted by molar-refractivity contribution is 4.77. The standard InChI is InChI=1S/C4H4O2.C4H8O/c1-2-6-4-3-5-1;1-2-4-5-3-1/h1-4H;1-4H2. The predicted molar refractivity (Wildman–Crippen MR) is 40.5 cm³/mol. The van der Waals surface area contributed by atoms with Gasteiger partial charge in [-0.15, -0.1) is 0 Å². The van der Waals surface area contributed by atoms with Gasteiger partial charge in [0.1, 0.15) is 25.0 Å². The van der Waals surface area contributed by atoms with E-state index < -0.39 is 0 Å². The van der Waals surface area contributed by atoms with Gasteiger partial charge in [-0.3, -0.25) is 0 Å². The van der Waals surface area contributed by atoms with Crippen LogP contribution in [0.2, 0.25) is 0 Å². The molecule has 0 unspecified atom stereocenters. The summed E-state index contributed by atoms with van der Waals surface area (Å²) < 4.78 is 14.1. The second kappa shape index (κ2) is 5.80. The summed E-state index contributed by atoms with van der Waals surface area (Å²) in [5.41, 5.74) is 0. The van der Waals surface area contributed by atoms with Crippen molar-refractivity contribution in [2.75, 3.05) is 13.2 Å². The van der Waals surface area contributed by atoms with Crippen LogP contribution in [0.1, 0.15) is 12.8 Å². The second-order valence-corrected chi connectivity index (χ2v) is 2.14. The lowest BCUT2D eigenvalue weighted by Crippen LogP contribution is -1.74. The van der Waals surface area contributed by atoms with Gasteiger partial charge in [-0.2, -0.15) is 0 Å². The lowest BCUT2D eigenvalue weighted by Gasteiger charge is -1.94. The van der Waals surface area contributed by atoms with Crippen LogP contribution in [0.15, 0.2) is 25.0 Å². The molecule has 3 heteroatoms. The predicted octanol–water partition coefficient (Wildman–Crippen LogP) is 1.77. The molecule has 2 aliphatic rings. The summed E-state index contributed by atoms with van der Waals surface area (Å²) in [6.07, 6.45) is 8.39. The van der Waals surface area contributed by atoms with Gasteiger partial charge in [0.15, 0.2) is 0 Å². The van der Waals surface area contributed by atoms with E-state index in [-0.39, 0.29) is 0 Å². The molecule has 2 rings (SSSR count).